The van der Waals surface area contributed by atoms with Crippen molar-refractivity contribution >= 4 is 5.91 Å². The van der Waals surface area contributed by atoms with Crippen LogP contribution in [0.25, 0.3) is 11.3 Å². The third-order valence-corrected chi connectivity index (χ3v) is 4.79. The Morgan fingerprint density at radius 1 is 1.43 bits per heavy atom. The zero-order valence-electron chi connectivity index (χ0n) is 16.4. The average molecular weight is 379 g/mol. The summed E-state index contributed by atoms with van der Waals surface area (Å²) in [5, 5.41) is 17.1. The number of nitrogens with one attached hydrogen (secondary N) is 1. The standard InChI is InChI=1S/C22H25N3O3/c1-5-12-25-21(14(3)10-11-16(26)6-2)18-19(23-24-20(18)22(25)27)15-8-7-9-17(13-15)28-4/h6-11,13,21,26H,3,5,12H2,1-2,4H3,(H,23,24)/b11-10-,16-6+/t21-/m0/s1. The minimum absolute atomic E-state index is 0.0895. The lowest BCUT2D eigenvalue weighted by Crippen LogP contribution is -2.30. The summed E-state index contributed by atoms with van der Waals surface area (Å²) >= 11 is 0. The van der Waals surface area contributed by atoms with Gasteiger partial charge in [-0.3, -0.25) is 9.89 Å². The van der Waals surface area contributed by atoms with Gasteiger partial charge in [0.1, 0.15) is 17.2 Å². The van der Waals surface area contributed by atoms with Gasteiger partial charge in [0.2, 0.25) is 0 Å². The molecule has 0 bridgehead atoms. The molecule has 146 valence electrons. The van der Waals surface area contributed by atoms with Crippen LogP contribution in [0, 0.1) is 0 Å². The predicted molar refractivity (Wildman–Crippen MR) is 109 cm³/mol. The molecule has 0 saturated heterocycles. The molecule has 1 aromatic heterocycles. The van der Waals surface area contributed by atoms with E-state index in [4.69, 9.17) is 4.74 Å². The number of H-pyrrole nitrogens is 1. The third kappa shape index (κ3) is 3.45. The van der Waals surface area contributed by atoms with Crippen LogP contribution < -0.4 is 4.74 Å². The Labute approximate surface area is 164 Å². The molecule has 28 heavy (non-hydrogen) atoms. The molecule has 0 unspecified atom stereocenters. The van der Waals surface area contributed by atoms with Crippen molar-refractivity contribution in [3.05, 3.63) is 71.7 Å². The SMILES string of the molecule is C=C(/C=C\C(O)=C/C)[C@H]1c2c(-c3cccc(OC)c3)n[nH]c2C(=O)N1CCC. The Morgan fingerprint density at radius 3 is 2.89 bits per heavy atom. The first-order chi connectivity index (χ1) is 13.5. The molecule has 1 amide bonds. The topological polar surface area (TPSA) is 78.5 Å². The molecule has 1 atom stereocenters. The summed E-state index contributed by atoms with van der Waals surface area (Å²) in [5.41, 5.74) is 3.57. The summed E-state index contributed by atoms with van der Waals surface area (Å²) in [5.74, 6) is 0.776. The number of methoxy groups -OCH3 is 1. The molecule has 0 radical (unpaired) electrons. The largest absolute Gasteiger partial charge is 0.508 e. The number of hydrogen-bond acceptors (Lipinski definition) is 4. The maximum absolute atomic E-state index is 13.0. The molecule has 6 nitrogen and oxygen atoms in total. The van der Waals surface area contributed by atoms with E-state index in [-0.39, 0.29) is 17.7 Å². The van der Waals surface area contributed by atoms with E-state index in [1.165, 1.54) is 0 Å². The molecule has 0 aliphatic carbocycles. The normalized spacial score (nSPS) is 16.7. The van der Waals surface area contributed by atoms with E-state index in [1.807, 2.05) is 31.2 Å². The summed E-state index contributed by atoms with van der Waals surface area (Å²) in [6, 6.07) is 7.24. The van der Waals surface area contributed by atoms with Gasteiger partial charge in [0.05, 0.1) is 18.8 Å². The molecule has 1 aromatic carbocycles. The second-order valence-corrected chi connectivity index (χ2v) is 6.62. The third-order valence-electron chi connectivity index (χ3n) is 4.79. The van der Waals surface area contributed by atoms with Gasteiger partial charge < -0.3 is 14.7 Å². The Bertz CT molecular complexity index is 956. The van der Waals surface area contributed by atoms with Crippen LogP contribution in [-0.2, 0) is 0 Å². The summed E-state index contributed by atoms with van der Waals surface area (Å²) in [6.45, 7) is 8.55. The van der Waals surface area contributed by atoms with Crippen molar-refractivity contribution in [2.75, 3.05) is 13.7 Å². The van der Waals surface area contributed by atoms with Crippen molar-refractivity contribution in [3.8, 4) is 17.0 Å². The molecule has 6 heteroatoms. The molecule has 3 rings (SSSR count). The minimum Gasteiger partial charge on any atom is -0.508 e. The quantitative estimate of drug-likeness (QED) is 0.546. The number of benzene rings is 1. The van der Waals surface area contributed by atoms with Gasteiger partial charge in [-0.2, -0.15) is 5.10 Å². The molecule has 2 heterocycles. The van der Waals surface area contributed by atoms with Gasteiger partial charge in [0, 0.05) is 17.7 Å². The number of hydrogen-bond donors (Lipinski definition) is 2. The van der Waals surface area contributed by atoms with Crippen LogP contribution in [0.5, 0.6) is 5.75 Å². The van der Waals surface area contributed by atoms with E-state index >= 15 is 0 Å². The van der Waals surface area contributed by atoms with Crippen molar-refractivity contribution in [1.82, 2.24) is 15.1 Å². The highest BCUT2D eigenvalue weighted by molar-refractivity contribution is 6.00. The van der Waals surface area contributed by atoms with Gasteiger partial charge in [-0.05, 0) is 43.2 Å². The fraction of sp³-hybridized carbons (Fsp3) is 0.273. The smallest absolute Gasteiger partial charge is 0.273 e. The number of carbonyl (C=O) groups is 1. The lowest BCUT2D eigenvalue weighted by atomic mass is 9.96. The van der Waals surface area contributed by atoms with Crippen LogP contribution in [0.4, 0.5) is 0 Å². The molecule has 2 aromatic rings. The molecule has 0 saturated carbocycles. The van der Waals surface area contributed by atoms with Gasteiger partial charge in [0.25, 0.3) is 5.91 Å². The van der Waals surface area contributed by atoms with Crippen LogP contribution in [0.15, 0.2) is 60.4 Å². The number of allylic oxidation sites excluding steroid dienone is 2. The van der Waals surface area contributed by atoms with Crippen LogP contribution in [-0.4, -0.2) is 39.8 Å². The highest BCUT2D eigenvalue weighted by Crippen LogP contribution is 2.43. The van der Waals surface area contributed by atoms with Crippen molar-refractivity contribution in [3.63, 3.8) is 0 Å². The van der Waals surface area contributed by atoms with Crippen LogP contribution >= 0.6 is 0 Å². The molecule has 1 aliphatic heterocycles. The Balaban J connectivity index is 2.09. The number of aromatic amines is 1. The van der Waals surface area contributed by atoms with E-state index < -0.39 is 0 Å². The maximum Gasteiger partial charge on any atom is 0.273 e. The summed E-state index contributed by atoms with van der Waals surface area (Å²) in [4.78, 5) is 14.8. The second-order valence-electron chi connectivity index (χ2n) is 6.62. The van der Waals surface area contributed by atoms with Crippen LogP contribution in [0.2, 0.25) is 0 Å². The number of aliphatic hydroxyl groups excluding tert-OH is 1. The number of carbonyl (C=O) groups excluding carboxylic acids is 1. The molecular formula is C22H25N3O3. The molecule has 0 fully saturated rings. The van der Waals surface area contributed by atoms with Crippen LogP contribution in [0.3, 0.4) is 0 Å². The Hall–Kier alpha value is -3.28. The van der Waals surface area contributed by atoms with E-state index in [0.29, 0.717) is 23.5 Å². The van der Waals surface area contributed by atoms with Gasteiger partial charge >= 0.3 is 0 Å². The number of rotatable bonds is 7. The maximum atomic E-state index is 13.0. The zero-order valence-corrected chi connectivity index (χ0v) is 16.4. The minimum atomic E-state index is -0.344. The zero-order chi connectivity index (χ0) is 20.3. The first-order valence-corrected chi connectivity index (χ1v) is 9.27. The van der Waals surface area contributed by atoms with Gasteiger partial charge in [-0.15, -0.1) is 0 Å². The Morgan fingerprint density at radius 2 is 2.21 bits per heavy atom. The second kappa shape index (κ2) is 8.17. The summed E-state index contributed by atoms with van der Waals surface area (Å²) < 4.78 is 5.33. The first kappa shape index (κ1) is 19.5. The number of aliphatic hydroxyl groups is 1. The molecule has 0 spiro atoms. The van der Waals surface area contributed by atoms with E-state index in [9.17, 15) is 9.90 Å². The fourth-order valence-electron chi connectivity index (χ4n) is 3.42. The van der Waals surface area contributed by atoms with Crippen molar-refractivity contribution in [2.45, 2.75) is 26.3 Å². The summed E-state index contributed by atoms with van der Waals surface area (Å²) in [7, 11) is 1.61. The van der Waals surface area contributed by atoms with Gasteiger partial charge in [-0.25, -0.2) is 0 Å². The number of fused-ring (bicyclic) bond motifs is 1. The lowest BCUT2D eigenvalue weighted by molar-refractivity contribution is 0.0744. The van der Waals surface area contributed by atoms with Crippen molar-refractivity contribution in [1.29, 1.82) is 0 Å². The van der Waals surface area contributed by atoms with Gasteiger partial charge in [0.15, 0.2) is 0 Å². The summed E-state index contributed by atoms with van der Waals surface area (Å²) in [6.07, 6.45) is 5.75. The molecule has 1 aliphatic rings. The van der Waals surface area contributed by atoms with Crippen molar-refractivity contribution in [2.24, 2.45) is 0 Å². The van der Waals surface area contributed by atoms with Crippen molar-refractivity contribution < 1.29 is 14.6 Å². The monoisotopic (exact) mass is 379 g/mol. The molecule has 2 N–H and O–H groups in total. The Kier molecular flexibility index (Phi) is 5.68. The fourth-order valence-corrected chi connectivity index (χ4v) is 3.42. The number of nitrogens with zero attached hydrogens (tertiary/aromatic N) is 2. The van der Waals surface area contributed by atoms with Crippen LogP contribution in [0.1, 0.15) is 42.4 Å². The highest BCUT2D eigenvalue weighted by Gasteiger charge is 2.41. The highest BCUT2D eigenvalue weighted by atomic mass is 16.5. The van der Waals surface area contributed by atoms with E-state index in [1.54, 1.807) is 37.2 Å². The van der Waals surface area contributed by atoms with Gasteiger partial charge in [-0.1, -0.05) is 31.7 Å². The first-order valence-electron chi connectivity index (χ1n) is 9.27. The number of ether oxygens (including phenoxy) is 1. The lowest BCUT2D eigenvalue weighted by Gasteiger charge is -2.26. The molecular weight excluding hydrogens is 354 g/mol. The predicted octanol–water partition coefficient (Wildman–Crippen LogP) is 4.57. The number of amides is 1. The average Bonchev–Trinajstić information content (AvgIpc) is 3.26. The number of aromatic nitrogens is 2. The van der Waals surface area contributed by atoms with E-state index in [2.05, 4.69) is 16.8 Å². The van der Waals surface area contributed by atoms with E-state index in [0.717, 1.165) is 23.3 Å².